The van der Waals surface area contributed by atoms with Crippen LogP contribution in [0.4, 0.5) is 26.3 Å². The van der Waals surface area contributed by atoms with Crippen molar-refractivity contribution in [3.8, 4) is 0 Å². The standard InChI is InChI=1S/C25H34F6N2O/c1-16(2)23(8-6-21(14-23)33-9-4-5-17(3)7-10-33)22(34)32-15-18-11-19(24(26,27)28)13-20(12-18)25(29,30)31/h11-13,16-17,21H,4-10,14-15H2,1-3H3,(H,32,34). The Bertz CT molecular complexity index is 834. The molecule has 0 spiro atoms. The number of nitrogens with one attached hydrogen (secondary N) is 1. The molecule has 3 rings (SSSR count). The molecule has 192 valence electrons. The van der Waals surface area contributed by atoms with Crippen LogP contribution in [0.2, 0.25) is 0 Å². The molecule has 1 N–H and O–H groups in total. The van der Waals surface area contributed by atoms with Gasteiger partial charge in [-0.1, -0.05) is 20.8 Å². The van der Waals surface area contributed by atoms with Crippen LogP contribution in [0.25, 0.3) is 0 Å². The van der Waals surface area contributed by atoms with E-state index in [1.165, 1.54) is 6.42 Å². The molecule has 0 aromatic heterocycles. The predicted molar refractivity (Wildman–Crippen MR) is 118 cm³/mol. The number of hydrogen-bond donors (Lipinski definition) is 1. The van der Waals surface area contributed by atoms with Gasteiger partial charge in [0.25, 0.3) is 0 Å². The van der Waals surface area contributed by atoms with Gasteiger partial charge < -0.3 is 10.2 Å². The Morgan fingerprint density at radius 3 is 2.21 bits per heavy atom. The smallest absolute Gasteiger partial charge is 0.352 e. The van der Waals surface area contributed by atoms with E-state index < -0.39 is 28.9 Å². The van der Waals surface area contributed by atoms with Crippen molar-refractivity contribution in [3.63, 3.8) is 0 Å². The Labute approximate surface area is 197 Å². The fourth-order valence-corrected chi connectivity index (χ4v) is 5.48. The lowest BCUT2D eigenvalue weighted by Gasteiger charge is -2.34. The van der Waals surface area contributed by atoms with Gasteiger partial charge in [0.15, 0.2) is 0 Å². The molecular weight excluding hydrogens is 458 g/mol. The van der Waals surface area contributed by atoms with E-state index in [1.54, 1.807) is 0 Å². The van der Waals surface area contributed by atoms with E-state index in [-0.39, 0.29) is 36.0 Å². The zero-order chi connectivity index (χ0) is 25.3. The van der Waals surface area contributed by atoms with Crippen LogP contribution in [0.15, 0.2) is 18.2 Å². The van der Waals surface area contributed by atoms with Crippen molar-refractivity contribution in [2.45, 2.75) is 84.2 Å². The topological polar surface area (TPSA) is 32.3 Å². The number of alkyl halides is 6. The Balaban J connectivity index is 1.75. The lowest BCUT2D eigenvalue weighted by atomic mass is 9.74. The molecule has 1 aliphatic heterocycles. The highest BCUT2D eigenvalue weighted by Crippen LogP contribution is 2.47. The quantitative estimate of drug-likeness (QED) is 0.467. The molecule has 0 radical (unpaired) electrons. The second-order valence-electron chi connectivity index (χ2n) is 10.4. The van der Waals surface area contributed by atoms with E-state index in [0.717, 1.165) is 32.4 Å². The summed E-state index contributed by atoms with van der Waals surface area (Å²) in [5.41, 5.74) is -3.65. The first kappa shape index (κ1) is 26.8. The summed E-state index contributed by atoms with van der Waals surface area (Å²) in [5.74, 6) is 0.383. The SMILES string of the molecule is CC1CCCN(C2CCC(C(=O)NCc3cc(C(F)(F)F)cc(C(F)(F)F)c3)(C(C)C)C2)CC1. The van der Waals surface area contributed by atoms with Crippen LogP contribution in [-0.4, -0.2) is 29.9 Å². The van der Waals surface area contributed by atoms with Gasteiger partial charge in [0, 0.05) is 12.6 Å². The molecule has 0 bridgehead atoms. The first-order chi connectivity index (χ1) is 15.7. The summed E-state index contributed by atoms with van der Waals surface area (Å²) in [7, 11) is 0. The minimum absolute atomic E-state index is 0.00403. The summed E-state index contributed by atoms with van der Waals surface area (Å²) >= 11 is 0. The molecule has 9 heteroatoms. The van der Waals surface area contributed by atoms with Crippen LogP contribution in [0.5, 0.6) is 0 Å². The minimum atomic E-state index is -4.91. The summed E-state index contributed by atoms with van der Waals surface area (Å²) in [6.45, 7) is 7.77. The lowest BCUT2D eigenvalue weighted by Crippen LogP contribution is -2.44. The van der Waals surface area contributed by atoms with Gasteiger partial charge in [0.05, 0.1) is 16.5 Å². The fourth-order valence-electron chi connectivity index (χ4n) is 5.48. The van der Waals surface area contributed by atoms with E-state index in [0.29, 0.717) is 30.9 Å². The largest absolute Gasteiger partial charge is 0.416 e. The van der Waals surface area contributed by atoms with Crippen LogP contribution in [0.1, 0.15) is 76.0 Å². The molecule has 1 aromatic rings. The zero-order valence-corrected chi connectivity index (χ0v) is 20.0. The molecular formula is C25H34F6N2O. The molecule has 1 aliphatic carbocycles. The van der Waals surface area contributed by atoms with Crippen LogP contribution in [0.3, 0.4) is 0 Å². The van der Waals surface area contributed by atoms with Crippen molar-refractivity contribution in [2.75, 3.05) is 13.1 Å². The first-order valence-electron chi connectivity index (χ1n) is 12.0. The van der Waals surface area contributed by atoms with Gasteiger partial charge in [0.1, 0.15) is 0 Å². The molecule has 1 saturated heterocycles. The molecule has 1 aromatic carbocycles. The summed E-state index contributed by atoms with van der Waals surface area (Å²) in [6.07, 6.45) is -4.22. The average molecular weight is 493 g/mol. The van der Waals surface area contributed by atoms with Crippen LogP contribution < -0.4 is 5.32 Å². The molecule has 3 nitrogen and oxygen atoms in total. The fraction of sp³-hybridized carbons (Fsp3) is 0.720. The third-order valence-electron chi connectivity index (χ3n) is 7.75. The van der Waals surface area contributed by atoms with Gasteiger partial charge in [-0.05, 0) is 87.2 Å². The summed E-state index contributed by atoms with van der Waals surface area (Å²) in [5, 5.41) is 2.67. The number of hydrogen-bond acceptors (Lipinski definition) is 2. The van der Waals surface area contributed by atoms with Crippen LogP contribution >= 0.6 is 0 Å². The normalized spacial score (nSPS) is 27.1. The van der Waals surface area contributed by atoms with E-state index in [4.69, 9.17) is 0 Å². The minimum Gasteiger partial charge on any atom is -0.352 e. The Hall–Kier alpha value is -1.77. The van der Waals surface area contributed by atoms with E-state index in [9.17, 15) is 31.1 Å². The third-order valence-corrected chi connectivity index (χ3v) is 7.75. The van der Waals surface area contributed by atoms with Gasteiger partial charge in [-0.3, -0.25) is 4.79 Å². The molecule has 1 saturated carbocycles. The summed E-state index contributed by atoms with van der Waals surface area (Å²) < 4.78 is 79.0. The Kier molecular flexibility index (Phi) is 7.95. The van der Waals surface area contributed by atoms with Gasteiger partial charge in [-0.25, -0.2) is 0 Å². The molecule has 3 unspecified atom stereocenters. The highest BCUT2D eigenvalue weighted by atomic mass is 19.4. The number of likely N-dealkylation sites (tertiary alicyclic amines) is 1. The third kappa shape index (κ3) is 6.07. The van der Waals surface area contributed by atoms with Crippen molar-refractivity contribution in [2.24, 2.45) is 17.3 Å². The van der Waals surface area contributed by atoms with Gasteiger partial charge >= 0.3 is 12.4 Å². The maximum atomic E-state index is 13.3. The summed E-state index contributed by atoms with van der Waals surface area (Å²) in [4.78, 5) is 15.8. The number of carbonyl (C=O) groups excluding carboxylic acids is 1. The number of amides is 1. The van der Waals surface area contributed by atoms with E-state index in [1.807, 2.05) is 13.8 Å². The number of benzene rings is 1. The van der Waals surface area contributed by atoms with Crippen molar-refractivity contribution in [1.29, 1.82) is 0 Å². The van der Waals surface area contributed by atoms with E-state index >= 15 is 0 Å². The second-order valence-corrected chi connectivity index (χ2v) is 10.4. The Morgan fingerprint density at radius 1 is 1.03 bits per heavy atom. The predicted octanol–water partition coefficient (Wildman–Crippen LogP) is 6.66. The lowest BCUT2D eigenvalue weighted by molar-refractivity contribution is -0.143. The molecule has 2 aliphatic rings. The zero-order valence-electron chi connectivity index (χ0n) is 20.0. The van der Waals surface area contributed by atoms with Gasteiger partial charge in [0.2, 0.25) is 5.91 Å². The maximum Gasteiger partial charge on any atom is 0.416 e. The highest BCUT2D eigenvalue weighted by Gasteiger charge is 2.48. The first-order valence-corrected chi connectivity index (χ1v) is 12.0. The number of rotatable bonds is 5. The monoisotopic (exact) mass is 492 g/mol. The second kappa shape index (κ2) is 10.1. The molecule has 2 fully saturated rings. The number of nitrogens with zero attached hydrogens (tertiary/aromatic N) is 1. The maximum absolute atomic E-state index is 13.3. The van der Waals surface area contributed by atoms with Crippen molar-refractivity contribution in [1.82, 2.24) is 10.2 Å². The van der Waals surface area contributed by atoms with Crippen molar-refractivity contribution >= 4 is 5.91 Å². The van der Waals surface area contributed by atoms with Crippen molar-refractivity contribution < 1.29 is 31.1 Å². The van der Waals surface area contributed by atoms with Gasteiger partial charge in [-0.2, -0.15) is 26.3 Å². The highest BCUT2D eigenvalue weighted by molar-refractivity contribution is 5.83. The van der Waals surface area contributed by atoms with Crippen LogP contribution in [0, 0.1) is 17.3 Å². The number of halogens is 6. The molecule has 1 amide bonds. The van der Waals surface area contributed by atoms with E-state index in [2.05, 4.69) is 17.1 Å². The molecule has 3 atom stereocenters. The Morgan fingerprint density at radius 2 is 1.65 bits per heavy atom. The molecule has 34 heavy (non-hydrogen) atoms. The molecule has 1 heterocycles. The number of carbonyl (C=O) groups is 1. The summed E-state index contributed by atoms with van der Waals surface area (Å²) in [6, 6.07) is 1.72. The van der Waals surface area contributed by atoms with Crippen molar-refractivity contribution in [3.05, 3.63) is 34.9 Å². The average Bonchev–Trinajstić information content (AvgIpc) is 3.09. The van der Waals surface area contributed by atoms with Gasteiger partial charge in [-0.15, -0.1) is 0 Å². The van der Waals surface area contributed by atoms with Crippen LogP contribution in [-0.2, 0) is 23.7 Å².